The summed E-state index contributed by atoms with van der Waals surface area (Å²) in [7, 11) is -3.46. The minimum Gasteiger partial charge on any atom is -0.377 e. The maximum absolute atomic E-state index is 12.7. The second-order valence-electron chi connectivity index (χ2n) is 7.08. The van der Waals surface area contributed by atoms with Crippen LogP contribution in [0.3, 0.4) is 0 Å². The number of hydrogen-bond acceptors (Lipinski definition) is 4. The highest BCUT2D eigenvalue weighted by molar-refractivity contribution is 7.89. The van der Waals surface area contributed by atoms with Gasteiger partial charge in [-0.1, -0.05) is 24.1 Å². The third-order valence-corrected chi connectivity index (χ3v) is 6.86. The van der Waals surface area contributed by atoms with E-state index in [2.05, 4.69) is 11.4 Å². The van der Waals surface area contributed by atoms with Crippen LogP contribution in [0.25, 0.3) is 0 Å². The number of carbonyl (C=O) groups excluding carboxylic acids is 1. The van der Waals surface area contributed by atoms with Gasteiger partial charge >= 0.3 is 0 Å². The van der Waals surface area contributed by atoms with Gasteiger partial charge in [0.2, 0.25) is 10.0 Å². The summed E-state index contributed by atoms with van der Waals surface area (Å²) in [4.78, 5) is 12.7. The second kappa shape index (κ2) is 8.23. The van der Waals surface area contributed by atoms with Crippen LogP contribution in [0.1, 0.15) is 40.7 Å². The molecule has 1 fully saturated rings. The summed E-state index contributed by atoms with van der Waals surface area (Å²) >= 11 is 0. The number of sulfonamides is 1. The number of carbonyl (C=O) groups is 1. The van der Waals surface area contributed by atoms with E-state index in [4.69, 9.17) is 0 Å². The van der Waals surface area contributed by atoms with Crippen molar-refractivity contribution in [2.75, 3.05) is 25.0 Å². The lowest BCUT2D eigenvalue weighted by Crippen LogP contribution is -2.35. The number of nitrogens with one attached hydrogen (secondary N) is 1. The maximum Gasteiger partial charge on any atom is 0.243 e. The van der Waals surface area contributed by atoms with Gasteiger partial charge in [-0.25, -0.2) is 8.42 Å². The summed E-state index contributed by atoms with van der Waals surface area (Å²) < 4.78 is 26.9. The van der Waals surface area contributed by atoms with Crippen LogP contribution in [0.2, 0.25) is 0 Å². The first-order chi connectivity index (χ1) is 12.9. The predicted molar refractivity (Wildman–Crippen MR) is 108 cm³/mol. The fourth-order valence-corrected chi connectivity index (χ4v) is 4.87. The summed E-state index contributed by atoms with van der Waals surface area (Å²) in [5.41, 5.74) is 3.70. The smallest absolute Gasteiger partial charge is 0.243 e. The van der Waals surface area contributed by atoms with E-state index in [1.54, 1.807) is 12.1 Å². The molecular formula is C21H26N2O3S. The maximum atomic E-state index is 12.7. The number of hydrogen-bond donors (Lipinski definition) is 1. The van der Waals surface area contributed by atoms with Crippen LogP contribution >= 0.6 is 0 Å². The third kappa shape index (κ3) is 4.57. The highest BCUT2D eigenvalue weighted by atomic mass is 32.2. The fraction of sp³-hybridized carbons (Fsp3) is 0.381. The van der Waals surface area contributed by atoms with Crippen molar-refractivity contribution in [2.24, 2.45) is 0 Å². The molecule has 0 bridgehead atoms. The molecule has 5 nitrogen and oxygen atoms in total. The summed E-state index contributed by atoms with van der Waals surface area (Å²) in [6.45, 7) is 5.34. The van der Waals surface area contributed by atoms with E-state index in [9.17, 15) is 13.2 Å². The first kappa shape index (κ1) is 19.6. The first-order valence-electron chi connectivity index (χ1n) is 9.32. The van der Waals surface area contributed by atoms with Gasteiger partial charge in [-0.15, -0.1) is 0 Å². The van der Waals surface area contributed by atoms with E-state index < -0.39 is 10.0 Å². The van der Waals surface area contributed by atoms with Crippen molar-refractivity contribution in [3.63, 3.8) is 0 Å². The number of rotatable bonds is 6. The van der Waals surface area contributed by atoms with Crippen LogP contribution in [0.4, 0.5) is 5.69 Å². The van der Waals surface area contributed by atoms with E-state index in [1.165, 1.54) is 22.0 Å². The lowest BCUT2D eigenvalue weighted by molar-refractivity contribution is 0.101. The average molecular weight is 387 g/mol. The fourth-order valence-electron chi connectivity index (χ4n) is 3.36. The summed E-state index contributed by atoms with van der Waals surface area (Å²) in [6.07, 6.45) is 2.88. The number of aryl methyl sites for hydroxylation is 2. The zero-order valence-electron chi connectivity index (χ0n) is 15.9. The normalized spacial score (nSPS) is 15.5. The van der Waals surface area contributed by atoms with Crippen molar-refractivity contribution in [3.05, 3.63) is 59.2 Å². The molecular weight excluding hydrogens is 360 g/mol. The predicted octanol–water partition coefficient (Wildman–Crippen LogP) is 3.77. The molecule has 1 aliphatic rings. The average Bonchev–Trinajstić information content (AvgIpc) is 2.68. The van der Waals surface area contributed by atoms with Crippen LogP contribution in [0.5, 0.6) is 0 Å². The van der Waals surface area contributed by atoms with E-state index in [-0.39, 0.29) is 17.2 Å². The molecule has 0 spiro atoms. The van der Waals surface area contributed by atoms with Crippen LogP contribution in [-0.2, 0) is 10.0 Å². The Kier molecular flexibility index (Phi) is 5.97. The zero-order chi connectivity index (χ0) is 19.4. The minimum atomic E-state index is -3.46. The lowest BCUT2D eigenvalue weighted by atomic mass is 10.1. The Labute approximate surface area is 161 Å². The lowest BCUT2D eigenvalue weighted by Gasteiger charge is -2.25. The molecule has 0 saturated carbocycles. The molecule has 6 heteroatoms. The Balaban J connectivity index is 1.66. The number of anilines is 1. The SMILES string of the molecule is Cc1ccc(NCC(=O)c2ccc(S(=O)(=O)N3CCCCC3)cc2)c(C)c1. The molecule has 144 valence electrons. The molecule has 0 aromatic heterocycles. The number of piperidine rings is 1. The third-order valence-electron chi connectivity index (χ3n) is 4.95. The van der Waals surface area contributed by atoms with Gasteiger partial charge in [0.15, 0.2) is 5.78 Å². The molecule has 0 amide bonds. The molecule has 0 atom stereocenters. The molecule has 3 rings (SSSR count). The van der Waals surface area contributed by atoms with E-state index in [0.29, 0.717) is 18.7 Å². The van der Waals surface area contributed by atoms with E-state index in [1.807, 2.05) is 26.0 Å². The molecule has 1 aliphatic heterocycles. The quantitative estimate of drug-likeness (QED) is 0.768. The first-order valence-corrected chi connectivity index (χ1v) is 10.8. The van der Waals surface area contributed by atoms with Crippen LogP contribution < -0.4 is 5.32 Å². The Bertz CT molecular complexity index is 915. The summed E-state index contributed by atoms with van der Waals surface area (Å²) in [5.74, 6) is -0.0723. The van der Waals surface area contributed by atoms with Gasteiger partial charge in [0, 0.05) is 24.3 Å². The van der Waals surface area contributed by atoms with Crippen molar-refractivity contribution in [1.82, 2.24) is 4.31 Å². The molecule has 2 aromatic rings. The van der Waals surface area contributed by atoms with Crippen molar-refractivity contribution >= 4 is 21.5 Å². The highest BCUT2D eigenvalue weighted by Gasteiger charge is 2.25. The minimum absolute atomic E-state index is 0.0723. The standard InChI is InChI=1S/C21H26N2O3S/c1-16-6-11-20(17(2)14-16)22-15-21(24)18-7-9-19(10-8-18)27(25,26)23-12-4-3-5-13-23/h6-11,14,22H,3-5,12-13,15H2,1-2H3. The van der Waals surface area contributed by atoms with Gasteiger partial charge in [0.1, 0.15) is 0 Å². The van der Waals surface area contributed by atoms with Gasteiger partial charge in [-0.05, 0) is 62.6 Å². The number of Topliss-reactive ketones (excluding diaryl/α,β-unsaturated/α-hetero) is 1. The highest BCUT2D eigenvalue weighted by Crippen LogP contribution is 2.21. The van der Waals surface area contributed by atoms with Gasteiger partial charge in [-0.3, -0.25) is 4.79 Å². The second-order valence-corrected chi connectivity index (χ2v) is 9.02. The molecule has 1 heterocycles. The molecule has 1 N–H and O–H groups in total. The van der Waals surface area contributed by atoms with Crippen molar-refractivity contribution in [2.45, 2.75) is 38.0 Å². The molecule has 2 aromatic carbocycles. The monoisotopic (exact) mass is 386 g/mol. The van der Waals surface area contributed by atoms with Crippen LogP contribution in [0, 0.1) is 13.8 Å². The Morgan fingerprint density at radius 2 is 1.67 bits per heavy atom. The van der Waals surface area contributed by atoms with Crippen molar-refractivity contribution in [1.29, 1.82) is 0 Å². The number of ketones is 1. The zero-order valence-corrected chi connectivity index (χ0v) is 16.7. The number of benzene rings is 2. The van der Waals surface area contributed by atoms with Crippen molar-refractivity contribution < 1.29 is 13.2 Å². The molecule has 0 aliphatic carbocycles. The molecule has 0 unspecified atom stereocenters. The summed E-state index contributed by atoms with van der Waals surface area (Å²) in [5, 5.41) is 3.16. The van der Waals surface area contributed by atoms with Crippen molar-refractivity contribution in [3.8, 4) is 0 Å². The number of nitrogens with zero attached hydrogens (tertiary/aromatic N) is 1. The van der Waals surface area contributed by atoms with E-state index >= 15 is 0 Å². The molecule has 0 radical (unpaired) electrons. The Morgan fingerprint density at radius 3 is 2.30 bits per heavy atom. The topological polar surface area (TPSA) is 66.5 Å². The van der Waals surface area contributed by atoms with Gasteiger partial charge in [-0.2, -0.15) is 4.31 Å². The molecule has 1 saturated heterocycles. The van der Waals surface area contributed by atoms with Crippen LogP contribution in [-0.4, -0.2) is 38.1 Å². The molecule has 27 heavy (non-hydrogen) atoms. The Morgan fingerprint density at radius 1 is 1.00 bits per heavy atom. The van der Waals surface area contributed by atoms with Crippen LogP contribution in [0.15, 0.2) is 47.4 Å². The Hall–Kier alpha value is -2.18. The largest absolute Gasteiger partial charge is 0.377 e. The van der Waals surface area contributed by atoms with Gasteiger partial charge in [0.25, 0.3) is 0 Å². The van der Waals surface area contributed by atoms with Gasteiger partial charge in [0.05, 0.1) is 11.4 Å². The van der Waals surface area contributed by atoms with E-state index in [0.717, 1.165) is 30.5 Å². The van der Waals surface area contributed by atoms with Gasteiger partial charge < -0.3 is 5.32 Å². The summed E-state index contributed by atoms with van der Waals surface area (Å²) in [6, 6.07) is 12.3.